The fraction of sp³-hybridized carbons (Fsp3) is 0.500. The lowest BCUT2D eigenvalue weighted by Crippen LogP contribution is -2.18. The minimum Gasteiger partial charge on any atom is -0.325 e. The van der Waals surface area contributed by atoms with Gasteiger partial charge in [-0.15, -0.1) is 0 Å². The maximum atomic E-state index is 12.9. The van der Waals surface area contributed by atoms with Gasteiger partial charge in [-0.25, -0.2) is 0 Å². The smallest absolute Gasteiger partial charge is 0.325 e. The second-order valence-corrected chi connectivity index (χ2v) is 6.07. The molecule has 5 heteroatoms. The molecular formula is C14H16F3NO. The molecule has 1 aromatic carbocycles. The highest BCUT2D eigenvalue weighted by Gasteiger charge is 2.41. The molecule has 2 nitrogen and oxygen atoms in total. The van der Waals surface area contributed by atoms with Gasteiger partial charge in [0.2, 0.25) is 5.91 Å². The van der Waals surface area contributed by atoms with Crippen LogP contribution >= 0.6 is 0 Å². The van der Waals surface area contributed by atoms with Crippen LogP contribution in [0.5, 0.6) is 0 Å². The summed E-state index contributed by atoms with van der Waals surface area (Å²) in [5, 5.41) is 2.39. The zero-order valence-electron chi connectivity index (χ0n) is 11.1. The van der Waals surface area contributed by atoms with E-state index >= 15 is 0 Å². The average Bonchev–Trinajstić information content (AvgIpc) is 2.52. The molecule has 0 saturated carbocycles. The largest absolute Gasteiger partial charge is 0.418 e. The third-order valence-electron chi connectivity index (χ3n) is 3.16. The molecule has 1 unspecified atom stereocenters. The van der Waals surface area contributed by atoms with Crippen molar-refractivity contribution in [3.8, 4) is 0 Å². The van der Waals surface area contributed by atoms with Crippen molar-refractivity contribution in [2.45, 2.75) is 39.3 Å². The summed E-state index contributed by atoms with van der Waals surface area (Å²) in [6.07, 6.45) is -3.93. The Bertz CT molecular complexity index is 514. The topological polar surface area (TPSA) is 29.1 Å². The Morgan fingerprint density at radius 1 is 1.21 bits per heavy atom. The van der Waals surface area contributed by atoms with Crippen LogP contribution in [0.25, 0.3) is 0 Å². The molecule has 0 aliphatic carbocycles. The van der Waals surface area contributed by atoms with E-state index in [-0.39, 0.29) is 17.0 Å². The van der Waals surface area contributed by atoms with Crippen LogP contribution < -0.4 is 5.32 Å². The van der Waals surface area contributed by atoms with Crippen molar-refractivity contribution in [1.29, 1.82) is 0 Å². The van der Waals surface area contributed by atoms with Gasteiger partial charge >= 0.3 is 6.18 Å². The highest BCUT2D eigenvalue weighted by atomic mass is 19.4. The summed E-state index contributed by atoms with van der Waals surface area (Å²) in [7, 11) is 0. The Labute approximate surface area is 110 Å². The van der Waals surface area contributed by atoms with Crippen molar-refractivity contribution in [2.75, 3.05) is 5.32 Å². The number of carbonyl (C=O) groups excluding carboxylic acids is 1. The van der Waals surface area contributed by atoms with Crippen LogP contribution in [0.3, 0.4) is 0 Å². The predicted octanol–water partition coefficient (Wildman–Crippen LogP) is 4.18. The number of rotatable bonds is 1. The number of fused-ring (bicyclic) bond motifs is 1. The number of alkyl halides is 3. The van der Waals surface area contributed by atoms with Gasteiger partial charge in [-0.2, -0.15) is 13.2 Å². The molecule has 0 fully saturated rings. The van der Waals surface area contributed by atoms with Gasteiger partial charge in [-0.1, -0.05) is 32.9 Å². The molecule has 0 aromatic heterocycles. The van der Waals surface area contributed by atoms with Crippen molar-refractivity contribution in [2.24, 2.45) is 5.41 Å². The number of nitrogens with one attached hydrogen (secondary N) is 1. The van der Waals surface area contributed by atoms with Crippen LogP contribution in [0.15, 0.2) is 18.2 Å². The molecule has 19 heavy (non-hydrogen) atoms. The van der Waals surface area contributed by atoms with Crippen LogP contribution in [-0.4, -0.2) is 5.91 Å². The Morgan fingerprint density at radius 3 is 2.37 bits per heavy atom. The molecule has 1 atom stereocenters. The number of anilines is 1. The quantitative estimate of drug-likeness (QED) is 0.815. The standard InChI is InChI=1S/C14H16F3NO/c1-13(2,3)7-9-8-5-4-6-10(14(15,16)17)11(8)18-12(9)19/h4-6,9H,7H2,1-3H3,(H,18,19). The molecule has 1 aliphatic heterocycles. The SMILES string of the molecule is CC(C)(C)CC1C(=O)Nc2c1cccc2C(F)(F)F. The molecule has 0 bridgehead atoms. The van der Waals surface area contributed by atoms with Crippen molar-refractivity contribution in [1.82, 2.24) is 0 Å². The second kappa shape index (κ2) is 4.25. The molecule has 0 spiro atoms. The lowest BCUT2D eigenvalue weighted by molar-refractivity contribution is -0.136. The fourth-order valence-electron chi connectivity index (χ4n) is 2.40. The Morgan fingerprint density at radius 2 is 1.84 bits per heavy atom. The van der Waals surface area contributed by atoms with Gasteiger partial charge in [0.05, 0.1) is 17.2 Å². The lowest BCUT2D eigenvalue weighted by Gasteiger charge is -2.22. The molecular weight excluding hydrogens is 255 g/mol. The van der Waals surface area contributed by atoms with E-state index in [1.807, 2.05) is 20.8 Å². The Hall–Kier alpha value is -1.52. The summed E-state index contributed by atoms with van der Waals surface area (Å²) >= 11 is 0. The lowest BCUT2D eigenvalue weighted by atomic mass is 9.82. The first-order chi connectivity index (χ1) is 8.59. The van der Waals surface area contributed by atoms with Crippen molar-refractivity contribution >= 4 is 11.6 Å². The van der Waals surface area contributed by atoms with E-state index in [1.165, 1.54) is 6.07 Å². The highest BCUT2D eigenvalue weighted by Crippen LogP contribution is 2.45. The summed E-state index contributed by atoms with van der Waals surface area (Å²) in [6.45, 7) is 5.89. The van der Waals surface area contributed by atoms with E-state index in [9.17, 15) is 18.0 Å². The summed E-state index contributed by atoms with van der Waals surface area (Å²) < 4.78 is 38.7. The number of hydrogen-bond donors (Lipinski definition) is 1. The van der Waals surface area contributed by atoms with Gasteiger partial charge in [-0.05, 0) is 23.5 Å². The molecule has 1 aromatic rings. The van der Waals surface area contributed by atoms with E-state index in [0.29, 0.717) is 12.0 Å². The number of carbonyl (C=O) groups is 1. The first kappa shape index (κ1) is 13.9. The number of para-hydroxylation sites is 1. The fourth-order valence-corrected chi connectivity index (χ4v) is 2.40. The molecule has 1 heterocycles. The zero-order valence-corrected chi connectivity index (χ0v) is 11.1. The van der Waals surface area contributed by atoms with Gasteiger partial charge in [0, 0.05) is 0 Å². The van der Waals surface area contributed by atoms with E-state index in [0.717, 1.165) is 6.07 Å². The van der Waals surface area contributed by atoms with E-state index in [4.69, 9.17) is 0 Å². The van der Waals surface area contributed by atoms with Gasteiger partial charge in [0.25, 0.3) is 0 Å². The van der Waals surface area contributed by atoms with Crippen molar-refractivity contribution < 1.29 is 18.0 Å². The summed E-state index contributed by atoms with van der Waals surface area (Å²) in [6, 6.07) is 3.95. The molecule has 0 saturated heterocycles. The Kier molecular flexibility index (Phi) is 3.11. The van der Waals surface area contributed by atoms with Crippen molar-refractivity contribution in [3.05, 3.63) is 29.3 Å². The molecule has 0 radical (unpaired) electrons. The first-order valence-electron chi connectivity index (χ1n) is 6.10. The van der Waals surface area contributed by atoms with Gasteiger partial charge in [-0.3, -0.25) is 4.79 Å². The molecule has 2 rings (SSSR count). The highest BCUT2D eigenvalue weighted by molar-refractivity contribution is 6.03. The number of halogens is 3. The molecule has 1 N–H and O–H groups in total. The van der Waals surface area contributed by atoms with Crippen LogP contribution in [0.4, 0.5) is 18.9 Å². The van der Waals surface area contributed by atoms with Crippen molar-refractivity contribution in [3.63, 3.8) is 0 Å². The van der Waals surface area contributed by atoms with E-state index in [1.54, 1.807) is 6.07 Å². The molecule has 1 aliphatic rings. The molecule has 104 valence electrons. The van der Waals surface area contributed by atoms with Crippen LogP contribution in [-0.2, 0) is 11.0 Å². The minimum atomic E-state index is -4.45. The number of hydrogen-bond acceptors (Lipinski definition) is 1. The number of benzene rings is 1. The Balaban J connectivity index is 2.46. The van der Waals surface area contributed by atoms with Gasteiger partial charge < -0.3 is 5.32 Å². The summed E-state index contributed by atoms with van der Waals surface area (Å²) in [5.74, 6) is -0.848. The average molecular weight is 271 g/mol. The third kappa shape index (κ3) is 2.74. The van der Waals surface area contributed by atoms with Crippen LogP contribution in [0, 0.1) is 5.41 Å². The minimum absolute atomic E-state index is 0.0748. The maximum Gasteiger partial charge on any atom is 0.418 e. The predicted molar refractivity (Wildman–Crippen MR) is 66.9 cm³/mol. The monoisotopic (exact) mass is 271 g/mol. The van der Waals surface area contributed by atoms with E-state index in [2.05, 4.69) is 5.32 Å². The zero-order chi connectivity index (χ0) is 14.4. The number of amides is 1. The van der Waals surface area contributed by atoms with Gasteiger partial charge in [0.15, 0.2) is 0 Å². The van der Waals surface area contributed by atoms with Crippen LogP contribution in [0.2, 0.25) is 0 Å². The molecule has 1 amide bonds. The van der Waals surface area contributed by atoms with E-state index < -0.39 is 17.7 Å². The van der Waals surface area contributed by atoms with Crippen LogP contribution in [0.1, 0.15) is 44.2 Å². The van der Waals surface area contributed by atoms with Gasteiger partial charge in [0.1, 0.15) is 0 Å². The summed E-state index contributed by atoms with van der Waals surface area (Å²) in [5.41, 5.74) is -0.517. The third-order valence-corrected chi connectivity index (χ3v) is 3.16. The normalized spacial score (nSPS) is 19.3. The summed E-state index contributed by atoms with van der Waals surface area (Å²) in [4.78, 5) is 11.9. The first-order valence-corrected chi connectivity index (χ1v) is 6.10. The maximum absolute atomic E-state index is 12.9. The second-order valence-electron chi connectivity index (χ2n) is 6.07.